The molecule has 1 saturated carbocycles. The lowest BCUT2D eigenvalue weighted by molar-refractivity contribution is -0.120. The van der Waals surface area contributed by atoms with Crippen LogP contribution in [0.15, 0.2) is 42.2 Å². The third kappa shape index (κ3) is 4.73. The molecule has 0 radical (unpaired) electrons. The van der Waals surface area contributed by atoms with Crippen LogP contribution in [0.5, 0.6) is 0 Å². The zero-order chi connectivity index (χ0) is 23.7. The van der Waals surface area contributed by atoms with Crippen molar-refractivity contribution in [3.63, 3.8) is 0 Å². The summed E-state index contributed by atoms with van der Waals surface area (Å²) in [5.41, 5.74) is 4.35. The van der Waals surface area contributed by atoms with E-state index in [-0.39, 0.29) is 17.7 Å². The average molecular weight is 476 g/mol. The number of hydrogen-bond acceptors (Lipinski definition) is 7. The standard InChI is InChI=1S/C26H29N5O2S/c1-3-21-26(33)30(2)22-14-28-24(29-25(22)31(21)15-18-4-5-18)12-17-6-8-19(9-7-17)23(32)11-10-20-13-27-16-34-20/h6-9,13-14,16,18,21H,3-5,10-12,15H2,1-2H3. The van der Waals surface area contributed by atoms with Crippen LogP contribution in [0, 0.1) is 5.92 Å². The number of rotatable bonds is 9. The molecular formula is C26H29N5O2S. The van der Waals surface area contributed by atoms with Gasteiger partial charge in [-0.3, -0.25) is 14.6 Å². The maximum absolute atomic E-state index is 12.9. The third-order valence-corrected chi connectivity index (χ3v) is 7.52. The molecule has 0 saturated heterocycles. The van der Waals surface area contributed by atoms with Crippen molar-refractivity contribution in [2.75, 3.05) is 23.4 Å². The molecule has 0 spiro atoms. The molecule has 0 bridgehead atoms. The van der Waals surface area contributed by atoms with E-state index in [1.807, 2.05) is 37.5 Å². The van der Waals surface area contributed by atoms with Crippen LogP contribution >= 0.6 is 11.3 Å². The van der Waals surface area contributed by atoms with E-state index in [1.165, 1.54) is 12.8 Å². The number of hydrogen-bond donors (Lipinski definition) is 0. The monoisotopic (exact) mass is 475 g/mol. The Kier molecular flexibility index (Phi) is 6.41. The molecule has 1 aliphatic carbocycles. The van der Waals surface area contributed by atoms with Gasteiger partial charge in [-0.1, -0.05) is 31.2 Å². The summed E-state index contributed by atoms with van der Waals surface area (Å²) in [7, 11) is 1.81. The number of fused-ring (bicyclic) bond motifs is 1. The van der Waals surface area contributed by atoms with Crippen LogP contribution in [-0.4, -0.2) is 46.3 Å². The Hall–Kier alpha value is -3.13. The first kappa shape index (κ1) is 22.7. The van der Waals surface area contributed by atoms with Crippen molar-refractivity contribution in [2.24, 2.45) is 5.92 Å². The van der Waals surface area contributed by atoms with Gasteiger partial charge in [0.1, 0.15) is 17.6 Å². The number of likely N-dealkylation sites (N-methyl/N-ethyl adjacent to an activating group) is 1. The quantitative estimate of drug-likeness (QED) is 0.429. The smallest absolute Gasteiger partial charge is 0.249 e. The summed E-state index contributed by atoms with van der Waals surface area (Å²) in [6.45, 7) is 2.93. The molecule has 3 heterocycles. The first-order valence-electron chi connectivity index (χ1n) is 11.9. The zero-order valence-electron chi connectivity index (χ0n) is 19.6. The molecule has 0 N–H and O–H groups in total. The molecule has 1 aliphatic heterocycles. The van der Waals surface area contributed by atoms with Crippen LogP contribution in [0.4, 0.5) is 11.5 Å². The first-order valence-corrected chi connectivity index (χ1v) is 12.8. The number of ketones is 1. The second kappa shape index (κ2) is 9.62. The Morgan fingerprint density at radius 1 is 1.18 bits per heavy atom. The van der Waals surface area contributed by atoms with Gasteiger partial charge in [-0.2, -0.15) is 0 Å². The summed E-state index contributed by atoms with van der Waals surface area (Å²) in [5.74, 6) is 2.49. The van der Waals surface area contributed by atoms with E-state index in [1.54, 1.807) is 27.9 Å². The SMILES string of the molecule is CCC1C(=O)N(C)c2cnc(Cc3ccc(C(=O)CCc4cncs4)cc3)nc2N1CC1CC1. The molecule has 176 valence electrons. The summed E-state index contributed by atoms with van der Waals surface area (Å²) in [5, 5.41) is 0. The highest BCUT2D eigenvalue weighted by molar-refractivity contribution is 7.09. The number of anilines is 2. The molecule has 5 rings (SSSR count). The molecule has 7 nitrogen and oxygen atoms in total. The second-order valence-corrected chi connectivity index (χ2v) is 10.1. The van der Waals surface area contributed by atoms with Gasteiger partial charge in [0.25, 0.3) is 0 Å². The third-order valence-electron chi connectivity index (χ3n) is 6.68. The largest absolute Gasteiger partial charge is 0.342 e. The van der Waals surface area contributed by atoms with Gasteiger partial charge in [0.2, 0.25) is 5.91 Å². The number of benzene rings is 1. The highest BCUT2D eigenvalue weighted by atomic mass is 32.1. The van der Waals surface area contributed by atoms with E-state index in [2.05, 4.69) is 21.8 Å². The fraction of sp³-hybridized carbons (Fsp3) is 0.423. The fourth-order valence-electron chi connectivity index (χ4n) is 4.48. The van der Waals surface area contributed by atoms with Crippen LogP contribution in [-0.2, 0) is 17.6 Å². The Balaban J connectivity index is 1.31. The van der Waals surface area contributed by atoms with E-state index in [0.29, 0.717) is 18.8 Å². The van der Waals surface area contributed by atoms with Crippen molar-refractivity contribution < 1.29 is 9.59 Å². The molecule has 34 heavy (non-hydrogen) atoms. The number of carbonyl (C=O) groups excluding carboxylic acids is 2. The van der Waals surface area contributed by atoms with Gasteiger partial charge >= 0.3 is 0 Å². The Labute approximate surface area is 203 Å². The Morgan fingerprint density at radius 3 is 2.65 bits per heavy atom. The fourth-order valence-corrected chi connectivity index (χ4v) is 5.08. The van der Waals surface area contributed by atoms with E-state index >= 15 is 0 Å². The summed E-state index contributed by atoms with van der Waals surface area (Å²) in [6.07, 6.45) is 8.58. The first-order chi connectivity index (χ1) is 16.5. The van der Waals surface area contributed by atoms with Gasteiger partial charge < -0.3 is 9.80 Å². The summed E-state index contributed by atoms with van der Waals surface area (Å²) in [4.78, 5) is 44.0. The topological polar surface area (TPSA) is 79.3 Å². The van der Waals surface area contributed by atoms with E-state index < -0.39 is 0 Å². The van der Waals surface area contributed by atoms with Crippen LogP contribution in [0.3, 0.4) is 0 Å². The molecule has 8 heteroatoms. The molecular weight excluding hydrogens is 446 g/mol. The zero-order valence-corrected chi connectivity index (χ0v) is 20.4. The molecule has 3 aromatic rings. The number of amides is 1. The molecule has 1 atom stereocenters. The lowest BCUT2D eigenvalue weighted by Crippen LogP contribution is -2.53. The van der Waals surface area contributed by atoms with E-state index in [9.17, 15) is 9.59 Å². The number of nitrogens with zero attached hydrogens (tertiary/aromatic N) is 5. The summed E-state index contributed by atoms with van der Waals surface area (Å²) >= 11 is 1.58. The van der Waals surface area contributed by atoms with Gasteiger partial charge in [-0.05, 0) is 37.2 Å². The van der Waals surface area contributed by atoms with Crippen LogP contribution in [0.25, 0.3) is 0 Å². The summed E-state index contributed by atoms with van der Waals surface area (Å²) in [6, 6.07) is 7.57. The van der Waals surface area contributed by atoms with Crippen molar-refractivity contribution in [1.82, 2.24) is 15.0 Å². The summed E-state index contributed by atoms with van der Waals surface area (Å²) < 4.78 is 0. The second-order valence-electron chi connectivity index (χ2n) is 9.18. The van der Waals surface area contributed by atoms with E-state index in [0.717, 1.165) is 52.7 Å². The minimum absolute atomic E-state index is 0.114. The van der Waals surface area contributed by atoms with Crippen molar-refractivity contribution in [2.45, 2.75) is 51.5 Å². The number of carbonyl (C=O) groups is 2. The average Bonchev–Trinajstić information content (AvgIpc) is 3.52. The highest BCUT2D eigenvalue weighted by Gasteiger charge is 2.39. The molecule has 2 aliphatic rings. The lowest BCUT2D eigenvalue weighted by atomic mass is 10.0. The number of Topliss-reactive ketones (excluding diaryl/α,β-unsaturated/α-hetero) is 1. The maximum atomic E-state index is 12.9. The van der Waals surface area contributed by atoms with Crippen LogP contribution in [0.1, 0.15) is 59.2 Å². The molecule has 2 aromatic heterocycles. The number of aromatic nitrogens is 3. The van der Waals surface area contributed by atoms with Gasteiger partial charge in [-0.25, -0.2) is 9.97 Å². The lowest BCUT2D eigenvalue weighted by Gasteiger charge is -2.40. The minimum atomic E-state index is -0.170. The van der Waals surface area contributed by atoms with Gasteiger partial charge in [0.15, 0.2) is 11.6 Å². The number of aryl methyl sites for hydroxylation is 1. The molecule has 1 unspecified atom stereocenters. The minimum Gasteiger partial charge on any atom is -0.342 e. The Morgan fingerprint density at radius 2 is 1.97 bits per heavy atom. The Bertz CT molecular complexity index is 1170. The predicted molar refractivity (Wildman–Crippen MR) is 134 cm³/mol. The van der Waals surface area contributed by atoms with Crippen molar-refractivity contribution in [1.29, 1.82) is 0 Å². The van der Waals surface area contributed by atoms with Crippen molar-refractivity contribution in [3.8, 4) is 0 Å². The van der Waals surface area contributed by atoms with E-state index in [4.69, 9.17) is 4.98 Å². The molecule has 1 amide bonds. The normalized spacial score (nSPS) is 17.7. The highest BCUT2D eigenvalue weighted by Crippen LogP contribution is 2.38. The van der Waals surface area contributed by atoms with Crippen LogP contribution < -0.4 is 9.80 Å². The van der Waals surface area contributed by atoms with Gasteiger partial charge in [0, 0.05) is 43.1 Å². The number of thiazole rings is 1. The van der Waals surface area contributed by atoms with Crippen molar-refractivity contribution >= 4 is 34.5 Å². The van der Waals surface area contributed by atoms with Crippen LogP contribution in [0.2, 0.25) is 0 Å². The molecule has 1 aromatic carbocycles. The maximum Gasteiger partial charge on any atom is 0.249 e. The van der Waals surface area contributed by atoms with Gasteiger partial charge in [0.05, 0.1) is 11.7 Å². The molecule has 1 fully saturated rings. The predicted octanol–water partition coefficient (Wildman–Crippen LogP) is 4.31. The van der Waals surface area contributed by atoms with Gasteiger partial charge in [-0.15, -0.1) is 11.3 Å². The van der Waals surface area contributed by atoms with Crippen molar-refractivity contribution in [3.05, 3.63) is 64.0 Å².